The van der Waals surface area contributed by atoms with Gasteiger partial charge in [0.2, 0.25) is 0 Å². The SMILES string of the molecule is CCNC(=O)c1cccc(NCc2cncn2C)c1. The highest BCUT2D eigenvalue weighted by molar-refractivity contribution is 5.95. The van der Waals surface area contributed by atoms with Gasteiger partial charge >= 0.3 is 0 Å². The van der Waals surface area contributed by atoms with Gasteiger partial charge in [-0.15, -0.1) is 0 Å². The van der Waals surface area contributed by atoms with E-state index in [1.165, 1.54) is 0 Å². The lowest BCUT2D eigenvalue weighted by Gasteiger charge is -2.08. The molecular formula is C14H18N4O. The van der Waals surface area contributed by atoms with Crippen molar-refractivity contribution >= 4 is 11.6 Å². The van der Waals surface area contributed by atoms with Gasteiger partial charge in [0.05, 0.1) is 18.6 Å². The van der Waals surface area contributed by atoms with Crippen LogP contribution in [0.15, 0.2) is 36.8 Å². The third-order valence-electron chi connectivity index (χ3n) is 2.85. The smallest absolute Gasteiger partial charge is 0.251 e. The number of nitrogens with one attached hydrogen (secondary N) is 2. The van der Waals surface area contributed by atoms with Crippen LogP contribution in [0.2, 0.25) is 0 Å². The van der Waals surface area contributed by atoms with Crippen molar-refractivity contribution in [2.24, 2.45) is 7.05 Å². The maximum Gasteiger partial charge on any atom is 0.251 e. The molecule has 2 rings (SSSR count). The maximum atomic E-state index is 11.7. The Labute approximate surface area is 112 Å². The highest BCUT2D eigenvalue weighted by atomic mass is 16.1. The summed E-state index contributed by atoms with van der Waals surface area (Å²) in [5.41, 5.74) is 2.67. The molecule has 0 fully saturated rings. The van der Waals surface area contributed by atoms with Crippen LogP contribution in [-0.4, -0.2) is 22.0 Å². The van der Waals surface area contributed by atoms with Gasteiger partial charge in [-0.3, -0.25) is 4.79 Å². The van der Waals surface area contributed by atoms with Crippen LogP contribution in [-0.2, 0) is 13.6 Å². The predicted molar refractivity (Wildman–Crippen MR) is 75.0 cm³/mol. The summed E-state index contributed by atoms with van der Waals surface area (Å²) in [6.07, 6.45) is 3.59. The third-order valence-corrected chi connectivity index (χ3v) is 2.85. The number of imidazole rings is 1. The van der Waals surface area contributed by atoms with E-state index in [4.69, 9.17) is 0 Å². The number of benzene rings is 1. The molecule has 0 aliphatic heterocycles. The summed E-state index contributed by atoms with van der Waals surface area (Å²) < 4.78 is 1.96. The summed E-state index contributed by atoms with van der Waals surface area (Å²) >= 11 is 0. The monoisotopic (exact) mass is 258 g/mol. The van der Waals surface area contributed by atoms with E-state index in [-0.39, 0.29) is 5.91 Å². The summed E-state index contributed by atoms with van der Waals surface area (Å²) in [5.74, 6) is -0.0494. The Balaban J connectivity index is 2.03. The minimum atomic E-state index is -0.0494. The maximum absolute atomic E-state index is 11.7. The fraction of sp³-hybridized carbons (Fsp3) is 0.286. The van der Waals surface area contributed by atoms with Gasteiger partial charge in [0.15, 0.2) is 0 Å². The lowest BCUT2D eigenvalue weighted by molar-refractivity contribution is 0.0956. The zero-order valence-corrected chi connectivity index (χ0v) is 11.2. The van der Waals surface area contributed by atoms with Gasteiger partial charge in [0, 0.05) is 31.0 Å². The molecule has 0 aliphatic carbocycles. The van der Waals surface area contributed by atoms with E-state index in [1.807, 2.05) is 42.9 Å². The van der Waals surface area contributed by atoms with Crippen molar-refractivity contribution in [2.45, 2.75) is 13.5 Å². The Morgan fingerprint density at radius 1 is 1.42 bits per heavy atom. The van der Waals surface area contributed by atoms with Gasteiger partial charge in [-0.1, -0.05) is 6.07 Å². The van der Waals surface area contributed by atoms with E-state index in [9.17, 15) is 4.79 Å². The third kappa shape index (κ3) is 3.34. The second-order valence-corrected chi connectivity index (χ2v) is 4.29. The second kappa shape index (κ2) is 6.04. The van der Waals surface area contributed by atoms with E-state index in [2.05, 4.69) is 15.6 Å². The lowest BCUT2D eigenvalue weighted by atomic mass is 10.2. The number of hydrogen-bond donors (Lipinski definition) is 2. The van der Waals surface area contributed by atoms with Gasteiger partial charge in [-0.2, -0.15) is 0 Å². The first-order valence-electron chi connectivity index (χ1n) is 6.28. The minimum Gasteiger partial charge on any atom is -0.379 e. The molecule has 0 saturated carbocycles. The molecule has 5 heteroatoms. The molecule has 0 bridgehead atoms. The van der Waals surface area contributed by atoms with Gasteiger partial charge in [-0.25, -0.2) is 4.98 Å². The zero-order chi connectivity index (χ0) is 13.7. The molecule has 1 heterocycles. The summed E-state index contributed by atoms with van der Waals surface area (Å²) in [5, 5.41) is 6.07. The number of aryl methyl sites for hydroxylation is 1. The fourth-order valence-electron chi connectivity index (χ4n) is 1.78. The first-order valence-corrected chi connectivity index (χ1v) is 6.28. The number of anilines is 1. The van der Waals surface area contributed by atoms with Crippen molar-refractivity contribution < 1.29 is 4.79 Å². The Hall–Kier alpha value is -2.30. The first-order chi connectivity index (χ1) is 9.20. The molecule has 0 unspecified atom stereocenters. The quantitative estimate of drug-likeness (QED) is 0.859. The highest BCUT2D eigenvalue weighted by Crippen LogP contribution is 2.12. The molecule has 0 saturated heterocycles. The molecule has 0 atom stereocenters. The van der Waals surface area contributed by atoms with Crippen molar-refractivity contribution in [1.29, 1.82) is 0 Å². The van der Waals surface area contributed by atoms with Crippen LogP contribution in [0.3, 0.4) is 0 Å². The molecule has 2 N–H and O–H groups in total. The van der Waals surface area contributed by atoms with Gasteiger partial charge < -0.3 is 15.2 Å². The molecule has 1 aromatic carbocycles. The van der Waals surface area contributed by atoms with Gasteiger partial charge in [0.1, 0.15) is 0 Å². The van der Waals surface area contributed by atoms with Crippen LogP contribution in [0.4, 0.5) is 5.69 Å². The standard InChI is InChI=1S/C14H18N4O/c1-3-16-14(19)11-5-4-6-12(7-11)17-9-13-8-15-10-18(13)2/h4-8,10,17H,3,9H2,1-2H3,(H,16,19). The van der Waals surface area contributed by atoms with Crippen LogP contribution in [0.5, 0.6) is 0 Å². The summed E-state index contributed by atoms with van der Waals surface area (Å²) in [4.78, 5) is 15.8. The Morgan fingerprint density at radius 2 is 2.26 bits per heavy atom. The van der Waals surface area contributed by atoms with E-state index >= 15 is 0 Å². The predicted octanol–water partition coefficient (Wildman–Crippen LogP) is 1.78. The van der Waals surface area contributed by atoms with Crippen LogP contribution < -0.4 is 10.6 Å². The lowest BCUT2D eigenvalue weighted by Crippen LogP contribution is -2.22. The molecule has 1 aromatic heterocycles. The summed E-state index contributed by atoms with van der Waals surface area (Å²) in [6, 6.07) is 7.47. The Bertz CT molecular complexity index is 562. The number of carbonyl (C=O) groups is 1. The molecule has 0 spiro atoms. The van der Waals surface area contributed by atoms with Crippen LogP contribution >= 0.6 is 0 Å². The van der Waals surface area contributed by atoms with E-state index < -0.39 is 0 Å². The molecule has 0 aliphatic rings. The first kappa shape index (κ1) is 13.1. The molecule has 2 aromatic rings. The van der Waals surface area contributed by atoms with Gasteiger partial charge in [0.25, 0.3) is 5.91 Å². The second-order valence-electron chi connectivity index (χ2n) is 4.29. The fourth-order valence-corrected chi connectivity index (χ4v) is 1.78. The summed E-state index contributed by atoms with van der Waals surface area (Å²) in [7, 11) is 1.95. The number of hydrogen-bond acceptors (Lipinski definition) is 3. The van der Waals surface area contributed by atoms with Crippen molar-refractivity contribution in [3.05, 3.63) is 48.0 Å². The van der Waals surface area contributed by atoms with Crippen molar-refractivity contribution in [1.82, 2.24) is 14.9 Å². The molecule has 5 nitrogen and oxygen atoms in total. The number of aromatic nitrogens is 2. The zero-order valence-electron chi connectivity index (χ0n) is 11.2. The normalized spacial score (nSPS) is 10.2. The average Bonchev–Trinajstić information content (AvgIpc) is 2.82. The molecule has 100 valence electrons. The topological polar surface area (TPSA) is 59.0 Å². The van der Waals surface area contributed by atoms with E-state index in [0.29, 0.717) is 18.7 Å². The largest absolute Gasteiger partial charge is 0.379 e. The van der Waals surface area contributed by atoms with Crippen LogP contribution in [0, 0.1) is 0 Å². The molecular weight excluding hydrogens is 240 g/mol. The minimum absolute atomic E-state index is 0.0494. The molecule has 19 heavy (non-hydrogen) atoms. The number of carbonyl (C=O) groups excluding carboxylic acids is 1. The Kier molecular flexibility index (Phi) is 4.18. The van der Waals surface area contributed by atoms with E-state index in [0.717, 1.165) is 11.4 Å². The van der Waals surface area contributed by atoms with Crippen molar-refractivity contribution in [2.75, 3.05) is 11.9 Å². The number of nitrogens with zero attached hydrogens (tertiary/aromatic N) is 2. The van der Waals surface area contributed by atoms with Crippen LogP contribution in [0.1, 0.15) is 23.0 Å². The van der Waals surface area contributed by atoms with Crippen molar-refractivity contribution in [3.8, 4) is 0 Å². The Morgan fingerprint density at radius 3 is 2.95 bits per heavy atom. The number of rotatable bonds is 5. The van der Waals surface area contributed by atoms with Gasteiger partial charge in [-0.05, 0) is 25.1 Å². The van der Waals surface area contributed by atoms with Crippen LogP contribution in [0.25, 0.3) is 0 Å². The molecule has 1 amide bonds. The average molecular weight is 258 g/mol. The highest BCUT2D eigenvalue weighted by Gasteiger charge is 2.05. The number of amides is 1. The molecule has 0 radical (unpaired) electrons. The van der Waals surface area contributed by atoms with Crippen molar-refractivity contribution in [3.63, 3.8) is 0 Å². The summed E-state index contributed by atoms with van der Waals surface area (Å²) in [6.45, 7) is 3.21. The van der Waals surface area contributed by atoms with E-state index in [1.54, 1.807) is 12.4 Å².